The fourth-order valence-corrected chi connectivity index (χ4v) is 3.88. The normalized spacial score (nSPS) is 11.3. The second kappa shape index (κ2) is 12.6. The van der Waals surface area contributed by atoms with E-state index in [-0.39, 0.29) is 11.5 Å². The summed E-state index contributed by atoms with van der Waals surface area (Å²) in [6, 6.07) is 30.5. The zero-order valence-corrected chi connectivity index (χ0v) is 22.2. The van der Waals surface area contributed by atoms with E-state index in [1.54, 1.807) is 60.7 Å². The van der Waals surface area contributed by atoms with Crippen LogP contribution in [0, 0.1) is 6.92 Å². The first kappa shape index (κ1) is 26.5. The minimum atomic E-state index is -0.490. The molecule has 0 saturated carbocycles. The lowest BCUT2D eigenvalue weighted by Crippen LogP contribution is -2.30. The molecule has 0 fully saturated rings. The van der Waals surface area contributed by atoms with Gasteiger partial charge in [0.15, 0.2) is 5.78 Å². The maximum Gasteiger partial charge on any atom is 0.272 e. The van der Waals surface area contributed by atoms with Crippen LogP contribution < -0.4 is 10.6 Å². The van der Waals surface area contributed by atoms with Crippen molar-refractivity contribution in [1.82, 2.24) is 5.32 Å². The summed E-state index contributed by atoms with van der Waals surface area (Å²) < 4.78 is 0.900. The Bertz CT molecular complexity index is 1510. The molecule has 0 spiro atoms. The van der Waals surface area contributed by atoms with Crippen LogP contribution in [0.2, 0.25) is 0 Å². The summed E-state index contributed by atoms with van der Waals surface area (Å²) in [4.78, 5) is 38.6. The van der Waals surface area contributed by atoms with Gasteiger partial charge in [-0.3, -0.25) is 14.4 Å². The third-order valence-electron chi connectivity index (χ3n) is 5.74. The lowest BCUT2D eigenvalue weighted by molar-refractivity contribution is -0.113. The largest absolute Gasteiger partial charge is 0.321 e. The fraction of sp³-hybridized carbons (Fsp3) is 0.0312. The van der Waals surface area contributed by atoms with Gasteiger partial charge in [-0.2, -0.15) is 0 Å². The molecular weight excluding hydrogens is 540 g/mol. The zero-order valence-electron chi connectivity index (χ0n) is 20.6. The molecule has 2 amide bonds. The van der Waals surface area contributed by atoms with Crippen molar-refractivity contribution in [2.45, 2.75) is 6.92 Å². The molecule has 0 aliphatic carbocycles. The molecule has 0 saturated heterocycles. The lowest BCUT2D eigenvalue weighted by Gasteiger charge is -2.12. The van der Waals surface area contributed by atoms with Crippen LogP contribution in [0.1, 0.15) is 37.4 Å². The number of amides is 2. The molecule has 2 N–H and O–H groups in total. The molecule has 0 radical (unpaired) electrons. The van der Waals surface area contributed by atoms with Crippen molar-refractivity contribution in [3.63, 3.8) is 0 Å². The van der Waals surface area contributed by atoms with Crippen molar-refractivity contribution in [3.05, 3.63) is 147 Å². The third-order valence-corrected chi connectivity index (χ3v) is 6.27. The number of anilines is 1. The number of hydrogen-bond acceptors (Lipinski definition) is 3. The minimum absolute atomic E-state index is 0.0856. The van der Waals surface area contributed by atoms with Crippen molar-refractivity contribution in [1.29, 1.82) is 0 Å². The molecule has 0 atom stereocenters. The topological polar surface area (TPSA) is 75.3 Å². The van der Waals surface area contributed by atoms with E-state index < -0.39 is 11.8 Å². The molecule has 4 aromatic carbocycles. The Morgan fingerprint density at radius 1 is 0.737 bits per heavy atom. The third kappa shape index (κ3) is 7.24. The van der Waals surface area contributed by atoms with Gasteiger partial charge in [0.2, 0.25) is 0 Å². The van der Waals surface area contributed by atoms with E-state index in [9.17, 15) is 14.4 Å². The number of nitrogens with one attached hydrogen (secondary N) is 2. The number of aryl methyl sites for hydroxylation is 1. The second-order valence-electron chi connectivity index (χ2n) is 8.52. The number of carbonyl (C=O) groups excluding carboxylic acids is 3. The minimum Gasteiger partial charge on any atom is -0.321 e. The molecule has 0 aromatic heterocycles. The van der Waals surface area contributed by atoms with E-state index >= 15 is 0 Å². The van der Waals surface area contributed by atoms with Gasteiger partial charge in [-0.1, -0.05) is 76.6 Å². The second-order valence-corrected chi connectivity index (χ2v) is 9.43. The van der Waals surface area contributed by atoms with Gasteiger partial charge in [0.25, 0.3) is 11.8 Å². The highest BCUT2D eigenvalue weighted by Gasteiger charge is 2.15. The Kier molecular flexibility index (Phi) is 8.80. The summed E-state index contributed by atoms with van der Waals surface area (Å²) >= 11 is 3.40. The maximum atomic E-state index is 13.2. The molecule has 0 aliphatic rings. The monoisotopic (exact) mass is 564 g/mol. The molecule has 0 unspecified atom stereocenters. The quantitative estimate of drug-likeness (QED) is 0.177. The first-order valence-corrected chi connectivity index (χ1v) is 12.7. The Morgan fingerprint density at radius 2 is 1.39 bits per heavy atom. The van der Waals surface area contributed by atoms with Gasteiger partial charge in [0.1, 0.15) is 5.70 Å². The summed E-state index contributed by atoms with van der Waals surface area (Å²) in [5, 5.41) is 5.52. The van der Waals surface area contributed by atoms with Crippen molar-refractivity contribution in [2.75, 3.05) is 5.32 Å². The summed E-state index contributed by atoms with van der Waals surface area (Å²) in [6.45, 7) is 1.99. The van der Waals surface area contributed by atoms with E-state index in [2.05, 4.69) is 26.6 Å². The van der Waals surface area contributed by atoms with Crippen LogP contribution in [-0.2, 0) is 4.79 Å². The highest BCUT2D eigenvalue weighted by atomic mass is 79.9. The Hall–Kier alpha value is -4.55. The SMILES string of the molecule is Cc1ccccc1/C=C/C(=O)c1ccc(NC(=O)/C(=C/c2ccc(Br)cc2)NC(=O)c2ccccc2)cc1. The Balaban J connectivity index is 1.49. The molecular formula is C32H25BrN2O3. The van der Waals surface area contributed by atoms with Crippen molar-refractivity contribution >= 4 is 51.4 Å². The van der Waals surface area contributed by atoms with Gasteiger partial charge in [-0.25, -0.2) is 0 Å². The molecule has 0 heterocycles. The predicted molar refractivity (Wildman–Crippen MR) is 156 cm³/mol. The van der Waals surface area contributed by atoms with Crippen LogP contribution in [0.25, 0.3) is 12.2 Å². The number of benzene rings is 4. The summed E-state index contributed by atoms with van der Waals surface area (Å²) in [7, 11) is 0. The Morgan fingerprint density at radius 3 is 2.08 bits per heavy atom. The lowest BCUT2D eigenvalue weighted by atomic mass is 10.1. The first-order valence-electron chi connectivity index (χ1n) is 11.9. The van der Waals surface area contributed by atoms with Gasteiger partial charge in [-0.05, 0) is 84.3 Å². The number of allylic oxidation sites excluding steroid dienone is 1. The molecule has 0 aliphatic heterocycles. The van der Waals surface area contributed by atoms with Crippen LogP contribution in [0.5, 0.6) is 0 Å². The molecule has 4 rings (SSSR count). The molecule has 38 heavy (non-hydrogen) atoms. The average Bonchev–Trinajstić information content (AvgIpc) is 2.94. The van der Waals surface area contributed by atoms with Crippen LogP contribution in [-0.4, -0.2) is 17.6 Å². The van der Waals surface area contributed by atoms with Gasteiger partial charge in [-0.15, -0.1) is 0 Å². The summed E-state index contributed by atoms with van der Waals surface area (Å²) in [5.41, 5.74) is 4.31. The van der Waals surface area contributed by atoms with Crippen molar-refractivity contribution < 1.29 is 14.4 Å². The van der Waals surface area contributed by atoms with Gasteiger partial charge < -0.3 is 10.6 Å². The summed E-state index contributed by atoms with van der Waals surface area (Å²) in [6.07, 6.45) is 4.94. The van der Waals surface area contributed by atoms with Crippen molar-refractivity contribution in [3.8, 4) is 0 Å². The highest BCUT2D eigenvalue weighted by Crippen LogP contribution is 2.16. The molecule has 6 heteroatoms. The maximum absolute atomic E-state index is 13.2. The number of ketones is 1. The Labute approximate surface area is 230 Å². The van der Waals surface area contributed by atoms with Crippen LogP contribution in [0.3, 0.4) is 0 Å². The van der Waals surface area contributed by atoms with Crippen LogP contribution in [0.4, 0.5) is 5.69 Å². The highest BCUT2D eigenvalue weighted by molar-refractivity contribution is 9.10. The molecule has 5 nitrogen and oxygen atoms in total. The van der Waals surface area contributed by atoms with Crippen LogP contribution in [0.15, 0.2) is 119 Å². The fourth-order valence-electron chi connectivity index (χ4n) is 3.62. The van der Waals surface area contributed by atoms with E-state index in [4.69, 9.17) is 0 Å². The van der Waals surface area contributed by atoms with E-state index in [1.807, 2.05) is 61.5 Å². The number of carbonyl (C=O) groups is 3. The summed E-state index contributed by atoms with van der Waals surface area (Å²) in [5.74, 6) is -1.03. The number of hydrogen-bond donors (Lipinski definition) is 2. The van der Waals surface area contributed by atoms with E-state index in [1.165, 1.54) is 6.08 Å². The number of halogens is 1. The smallest absolute Gasteiger partial charge is 0.272 e. The molecule has 188 valence electrons. The zero-order chi connectivity index (χ0) is 26.9. The van der Waals surface area contributed by atoms with E-state index in [0.29, 0.717) is 16.8 Å². The van der Waals surface area contributed by atoms with Crippen molar-refractivity contribution in [2.24, 2.45) is 0 Å². The first-order chi connectivity index (χ1) is 18.4. The van der Waals surface area contributed by atoms with E-state index in [0.717, 1.165) is 21.2 Å². The van der Waals surface area contributed by atoms with Gasteiger partial charge in [0, 0.05) is 21.3 Å². The predicted octanol–water partition coefficient (Wildman–Crippen LogP) is 7.06. The molecule has 0 bridgehead atoms. The molecule has 4 aromatic rings. The van der Waals surface area contributed by atoms with Gasteiger partial charge in [0.05, 0.1) is 0 Å². The van der Waals surface area contributed by atoms with Gasteiger partial charge >= 0.3 is 0 Å². The average molecular weight is 565 g/mol. The standard InChI is InChI=1S/C32H25BrN2O3/c1-22-7-5-6-8-24(22)15-20-30(36)25-13-18-28(19-14-25)34-32(38)29(21-23-11-16-27(33)17-12-23)35-31(37)26-9-3-2-4-10-26/h2-21H,1H3,(H,34,38)(H,35,37)/b20-15+,29-21-. The number of rotatable bonds is 8. The van der Waals surface area contributed by atoms with Crippen LogP contribution >= 0.6 is 15.9 Å².